The van der Waals surface area contributed by atoms with Gasteiger partial charge >= 0.3 is 0 Å². The molecular weight excluding hydrogens is 372 g/mol. The van der Waals surface area contributed by atoms with Gasteiger partial charge in [0.05, 0.1) is 0 Å². The maximum Gasteiger partial charge on any atom is 0.273 e. The fraction of sp³-hybridized carbons (Fsp3) is 0.389. The Balaban J connectivity index is 1.58. The predicted octanol–water partition coefficient (Wildman–Crippen LogP) is 2.92. The van der Waals surface area contributed by atoms with Crippen molar-refractivity contribution in [2.75, 3.05) is 30.3 Å². The summed E-state index contributed by atoms with van der Waals surface area (Å²) in [5, 5.41) is 2.77. The van der Waals surface area contributed by atoms with Gasteiger partial charge in [0.1, 0.15) is 5.69 Å². The number of nitrogens with two attached hydrogens (primary N) is 1. The Morgan fingerprint density at radius 3 is 2.65 bits per heavy atom. The normalized spacial score (nSPS) is 18.2. The molecule has 1 aromatic carbocycles. The molecule has 2 N–H and O–H groups in total. The lowest BCUT2D eigenvalue weighted by molar-refractivity contribution is -0.116. The molecule has 2 aliphatic rings. The summed E-state index contributed by atoms with van der Waals surface area (Å²) < 4.78 is 0. The van der Waals surface area contributed by atoms with Crippen molar-refractivity contribution in [3.63, 3.8) is 0 Å². The van der Waals surface area contributed by atoms with Crippen molar-refractivity contribution in [1.29, 1.82) is 0 Å². The Morgan fingerprint density at radius 1 is 1.31 bits per heavy atom. The molecule has 2 aromatic rings. The molecule has 2 amide bonds. The second kappa shape index (κ2) is 6.25. The van der Waals surface area contributed by atoms with Crippen LogP contribution in [0.1, 0.15) is 35.8 Å². The van der Waals surface area contributed by atoms with E-state index < -0.39 is 0 Å². The third-order valence-electron chi connectivity index (χ3n) is 5.41. The highest BCUT2D eigenvalue weighted by molar-refractivity contribution is 7.13. The summed E-state index contributed by atoms with van der Waals surface area (Å²) in [6, 6.07) is 5.71. The van der Waals surface area contributed by atoms with Crippen molar-refractivity contribution in [2.45, 2.75) is 25.2 Å². The zero-order valence-corrected chi connectivity index (χ0v) is 15.9. The van der Waals surface area contributed by atoms with E-state index >= 15 is 0 Å². The molecule has 0 bridgehead atoms. The minimum atomic E-state index is -0.149. The van der Waals surface area contributed by atoms with Crippen LogP contribution >= 0.6 is 22.9 Å². The van der Waals surface area contributed by atoms with Crippen molar-refractivity contribution in [3.05, 3.63) is 39.9 Å². The van der Waals surface area contributed by atoms with Gasteiger partial charge in [-0.15, -0.1) is 11.3 Å². The Hall–Kier alpha value is -2.12. The van der Waals surface area contributed by atoms with Gasteiger partial charge in [-0.1, -0.05) is 11.6 Å². The Morgan fingerprint density at radius 2 is 2.04 bits per heavy atom. The molecule has 2 aliphatic heterocycles. The van der Waals surface area contributed by atoms with Crippen LogP contribution < -0.4 is 10.6 Å². The monoisotopic (exact) mass is 390 g/mol. The van der Waals surface area contributed by atoms with Crippen LogP contribution in [-0.2, 0) is 10.2 Å². The molecule has 136 valence electrons. The van der Waals surface area contributed by atoms with Gasteiger partial charge in [0.15, 0.2) is 5.13 Å². The highest BCUT2D eigenvalue weighted by Crippen LogP contribution is 2.48. The van der Waals surface area contributed by atoms with E-state index in [9.17, 15) is 9.59 Å². The highest BCUT2D eigenvalue weighted by Gasteiger charge is 2.46. The number of likely N-dealkylation sites (tertiary alicyclic amines) is 1. The third kappa shape index (κ3) is 2.75. The van der Waals surface area contributed by atoms with Crippen LogP contribution in [0.4, 0.5) is 10.8 Å². The summed E-state index contributed by atoms with van der Waals surface area (Å²) in [5.74, 6) is -0.0533. The lowest BCUT2D eigenvalue weighted by Gasteiger charge is -2.39. The van der Waals surface area contributed by atoms with Crippen molar-refractivity contribution < 1.29 is 9.59 Å². The topological polar surface area (TPSA) is 79.5 Å². The van der Waals surface area contributed by atoms with Crippen LogP contribution in [0.2, 0.25) is 5.02 Å². The summed E-state index contributed by atoms with van der Waals surface area (Å²) in [5.41, 5.74) is 7.95. The molecule has 26 heavy (non-hydrogen) atoms. The molecule has 6 nitrogen and oxygen atoms in total. The van der Waals surface area contributed by atoms with E-state index in [-0.39, 0.29) is 17.2 Å². The number of anilines is 2. The Labute approximate surface area is 160 Å². The van der Waals surface area contributed by atoms with Gasteiger partial charge in [-0.05, 0) is 36.6 Å². The summed E-state index contributed by atoms with van der Waals surface area (Å²) >= 11 is 7.50. The van der Waals surface area contributed by atoms with E-state index in [4.69, 9.17) is 17.3 Å². The Kier molecular flexibility index (Phi) is 4.16. The van der Waals surface area contributed by atoms with Crippen molar-refractivity contribution in [2.24, 2.45) is 0 Å². The quantitative estimate of drug-likeness (QED) is 0.811. The van der Waals surface area contributed by atoms with Crippen LogP contribution in [0, 0.1) is 0 Å². The molecule has 0 radical (unpaired) electrons. The number of rotatable bonds is 1. The maximum atomic E-state index is 12.6. The number of piperidine rings is 1. The molecule has 1 saturated heterocycles. The number of aromatic nitrogens is 1. The van der Waals surface area contributed by atoms with Gasteiger partial charge in [-0.3, -0.25) is 9.59 Å². The number of nitrogen functional groups attached to an aromatic ring is 1. The third-order valence-corrected chi connectivity index (χ3v) is 6.32. The number of hydrogen-bond acceptors (Lipinski definition) is 5. The fourth-order valence-electron chi connectivity index (χ4n) is 4.04. The average molecular weight is 391 g/mol. The number of hydrogen-bond donors (Lipinski definition) is 1. The van der Waals surface area contributed by atoms with E-state index in [1.807, 2.05) is 28.0 Å². The lowest BCUT2D eigenvalue weighted by Crippen LogP contribution is -2.47. The number of fused-ring (bicyclic) bond motifs is 2. The first-order valence-corrected chi connectivity index (χ1v) is 9.74. The van der Waals surface area contributed by atoms with Crippen LogP contribution in [0.3, 0.4) is 0 Å². The van der Waals surface area contributed by atoms with Crippen LogP contribution in [0.15, 0.2) is 23.6 Å². The smallest absolute Gasteiger partial charge is 0.273 e. The van der Waals surface area contributed by atoms with Gasteiger partial charge in [-0.2, -0.15) is 0 Å². The Bertz CT molecular complexity index is 889. The lowest BCUT2D eigenvalue weighted by atomic mass is 9.74. The molecule has 1 aromatic heterocycles. The average Bonchev–Trinajstić information content (AvgIpc) is 3.18. The van der Waals surface area contributed by atoms with Crippen LogP contribution in [0.25, 0.3) is 0 Å². The van der Waals surface area contributed by atoms with Gasteiger partial charge in [0, 0.05) is 48.1 Å². The first-order valence-electron chi connectivity index (χ1n) is 8.48. The summed E-state index contributed by atoms with van der Waals surface area (Å²) in [4.78, 5) is 32.4. The minimum absolute atomic E-state index is 0.0295. The number of thiazole rings is 1. The van der Waals surface area contributed by atoms with Crippen LogP contribution in [-0.4, -0.2) is 41.3 Å². The largest absolute Gasteiger partial charge is 0.375 e. The predicted molar refractivity (Wildman–Crippen MR) is 103 cm³/mol. The summed E-state index contributed by atoms with van der Waals surface area (Å²) in [6.07, 6.45) is 1.57. The molecule has 8 heteroatoms. The van der Waals surface area contributed by atoms with Crippen molar-refractivity contribution in [3.8, 4) is 0 Å². The molecular formula is C18H19ClN4O2S. The maximum absolute atomic E-state index is 12.6. The second-order valence-electron chi connectivity index (χ2n) is 6.91. The molecule has 1 spiro atoms. The molecule has 0 saturated carbocycles. The minimum Gasteiger partial charge on any atom is -0.375 e. The first-order chi connectivity index (χ1) is 12.4. The first kappa shape index (κ1) is 17.3. The van der Waals surface area contributed by atoms with Crippen LogP contribution in [0.5, 0.6) is 0 Å². The zero-order valence-electron chi connectivity index (χ0n) is 14.4. The van der Waals surface area contributed by atoms with Gasteiger partial charge in [0.2, 0.25) is 5.91 Å². The van der Waals surface area contributed by atoms with Gasteiger partial charge in [0.25, 0.3) is 5.91 Å². The van der Waals surface area contributed by atoms with E-state index in [2.05, 4.69) is 4.98 Å². The number of benzene rings is 1. The van der Waals surface area contributed by atoms with Crippen molar-refractivity contribution in [1.82, 2.24) is 9.88 Å². The molecule has 1 fully saturated rings. The van der Waals surface area contributed by atoms with E-state index in [1.165, 1.54) is 11.3 Å². The second-order valence-corrected chi connectivity index (χ2v) is 8.24. The number of halogens is 1. The van der Waals surface area contributed by atoms with E-state index in [0.29, 0.717) is 35.5 Å². The number of nitrogens with zero attached hydrogens (tertiary/aromatic N) is 3. The number of carbonyl (C=O) groups excluding carboxylic acids is 2. The molecule has 0 atom stereocenters. The fourth-order valence-corrected chi connectivity index (χ4v) is 4.74. The molecule has 0 aliphatic carbocycles. The zero-order chi connectivity index (χ0) is 18.5. The van der Waals surface area contributed by atoms with E-state index in [0.717, 1.165) is 24.1 Å². The SMILES string of the molecule is CC(=O)N1CC2(CCN(C(=O)c3csc(N)n3)CC2)c2cc(Cl)ccc21. The van der Waals surface area contributed by atoms with Gasteiger partial charge in [-0.25, -0.2) is 4.98 Å². The van der Waals surface area contributed by atoms with Crippen molar-refractivity contribution >= 4 is 45.6 Å². The molecule has 4 rings (SSSR count). The molecule has 3 heterocycles. The summed E-state index contributed by atoms with van der Waals surface area (Å²) in [7, 11) is 0. The van der Waals surface area contributed by atoms with Gasteiger partial charge < -0.3 is 15.5 Å². The molecule has 0 unspecified atom stereocenters. The highest BCUT2D eigenvalue weighted by atomic mass is 35.5. The number of carbonyl (C=O) groups is 2. The standard InChI is InChI=1S/C18H19ClN4O2S/c1-11(24)23-10-18(13-8-12(19)2-3-15(13)23)4-6-22(7-5-18)16(25)14-9-26-17(20)21-14/h2-3,8-9H,4-7,10H2,1H3,(H2,20,21). The number of amides is 2. The summed E-state index contributed by atoms with van der Waals surface area (Å²) in [6.45, 7) is 3.47. The van der Waals surface area contributed by atoms with E-state index in [1.54, 1.807) is 12.3 Å².